The highest BCUT2D eigenvalue weighted by Gasteiger charge is 1.99. The third-order valence-electron chi connectivity index (χ3n) is 1.82. The Kier molecular flexibility index (Phi) is 4.63. The van der Waals surface area contributed by atoms with Gasteiger partial charge < -0.3 is 15.5 Å². The van der Waals surface area contributed by atoms with Gasteiger partial charge in [0.25, 0.3) is 0 Å². The second-order valence-corrected chi connectivity index (χ2v) is 3.47. The quantitative estimate of drug-likeness (QED) is 0.776. The summed E-state index contributed by atoms with van der Waals surface area (Å²) in [6.07, 6.45) is 0. The second kappa shape index (κ2) is 6.03. The molecule has 0 heterocycles. The molecule has 0 unspecified atom stereocenters. The molecule has 0 aliphatic rings. The monoisotopic (exact) mass is 206 g/mol. The number of rotatable bonds is 4. The minimum absolute atomic E-state index is 0.178. The van der Waals surface area contributed by atoms with Crippen LogP contribution >= 0.6 is 0 Å². The normalized spacial score (nSPS) is 10.1. The van der Waals surface area contributed by atoms with Crippen molar-refractivity contribution in [2.24, 2.45) is 0 Å². The Morgan fingerprint density at radius 3 is 2.67 bits per heavy atom. The van der Waals surface area contributed by atoms with Crippen LogP contribution in [0, 0.1) is 6.07 Å². The van der Waals surface area contributed by atoms with Gasteiger partial charge in [0.05, 0.1) is 0 Å². The van der Waals surface area contributed by atoms with E-state index in [0.717, 1.165) is 12.2 Å². The molecule has 0 aliphatic heterocycles. The summed E-state index contributed by atoms with van der Waals surface area (Å²) in [5, 5.41) is 5.49. The maximum atomic E-state index is 11.3. The summed E-state index contributed by atoms with van der Waals surface area (Å²) in [4.78, 5) is 13.4. The minimum Gasteiger partial charge on any atom is -0.337 e. The molecule has 1 aromatic carbocycles. The maximum absolute atomic E-state index is 11.3. The molecule has 0 aromatic heterocycles. The smallest absolute Gasteiger partial charge is 0.319 e. The van der Waals surface area contributed by atoms with E-state index in [1.54, 1.807) is 24.3 Å². The van der Waals surface area contributed by atoms with Crippen molar-refractivity contribution < 1.29 is 4.79 Å². The van der Waals surface area contributed by atoms with Gasteiger partial charge in [0, 0.05) is 18.8 Å². The topological polar surface area (TPSA) is 44.4 Å². The number of hydrogen-bond donors (Lipinski definition) is 2. The maximum Gasteiger partial charge on any atom is 0.319 e. The molecule has 0 saturated heterocycles. The predicted molar refractivity (Wildman–Crippen MR) is 60.9 cm³/mol. The number of amides is 2. The molecule has 4 heteroatoms. The fourth-order valence-electron chi connectivity index (χ4n) is 1.04. The van der Waals surface area contributed by atoms with Crippen LogP contribution in [0.2, 0.25) is 0 Å². The molecule has 0 aliphatic carbocycles. The number of anilines is 1. The van der Waals surface area contributed by atoms with Crippen molar-refractivity contribution >= 4 is 11.7 Å². The van der Waals surface area contributed by atoms with E-state index >= 15 is 0 Å². The van der Waals surface area contributed by atoms with Crippen LogP contribution < -0.4 is 10.6 Å². The number of nitrogens with one attached hydrogen (secondary N) is 2. The lowest BCUT2D eigenvalue weighted by atomic mass is 10.3. The number of likely N-dealkylation sites (N-methyl/N-ethyl adjacent to an activating group) is 1. The number of benzene rings is 1. The molecule has 1 rings (SSSR count). The van der Waals surface area contributed by atoms with Crippen LogP contribution in [0.3, 0.4) is 0 Å². The molecule has 0 fully saturated rings. The van der Waals surface area contributed by atoms with Crippen molar-refractivity contribution in [1.29, 1.82) is 0 Å². The Hall–Kier alpha value is -1.55. The number of nitrogens with zero attached hydrogens (tertiary/aromatic N) is 1. The fraction of sp³-hybridized carbons (Fsp3) is 0.364. The Morgan fingerprint density at radius 1 is 1.40 bits per heavy atom. The molecule has 1 aromatic rings. The summed E-state index contributed by atoms with van der Waals surface area (Å²) in [5.74, 6) is 0. The summed E-state index contributed by atoms with van der Waals surface area (Å²) in [5.41, 5.74) is 0.774. The molecular weight excluding hydrogens is 190 g/mol. The van der Waals surface area contributed by atoms with E-state index in [1.807, 2.05) is 19.0 Å². The van der Waals surface area contributed by atoms with Crippen LogP contribution in [0.15, 0.2) is 24.3 Å². The number of urea groups is 1. The van der Waals surface area contributed by atoms with Gasteiger partial charge in [-0.2, -0.15) is 0 Å². The number of carbonyl (C=O) groups is 1. The minimum atomic E-state index is -0.178. The molecule has 0 bridgehead atoms. The molecule has 81 valence electrons. The van der Waals surface area contributed by atoms with Gasteiger partial charge >= 0.3 is 6.03 Å². The predicted octanol–water partition coefficient (Wildman–Crippen LogP) is 1.17. The zero-order chi connectivity index (χ0) is 11.1. The molecule has 0 spiro atoms. The van der Waals surface area contributed by atoms with E-state index in [9.17, 15) is 4.79 Å². The van der Waals surface area contributed by atoms with E-state index in [1.165, 1.54) is 0 Å². The lowest BCUT2D eigenvalue weighted by Crippen LogP contribution is -2.34. The molecular formula is C11H16N3O. The van der Waals surface area contributed by atoms with Gasteiger partial charge in [-0.05, 0) is 32.3 Å². The molecule has 1 radical (unpaired) electrons. The van der Waals surface area contributed by atoms with Crippen LogP contribution in [0.4, 0.5) is 10.5 Å². The first-order valence-electron chi connectivity index (χ1n) is 4.84. The van der Waals surface area contributed by atoms with E-state index < -0.39 is 0 Å². The first kappa shape index (κ1) is 11.5. The van der Waals surface area contributed by atoms with Crippen molar-refractivity contribution in [1.82, 2.24) is 10.2 Å². The highest BCUT2D eigenvalue weighted by Crippen LogP contribution is 2.03. The van der Waals surface area contributed by atoms with Crippen molar-refractivity contribution in [3.05, 3.63) is 30.3 Å². The summed E-state index contributed by atoms with van der Waals surface area (Å²) < 4.78 is 0. The Labute approximate surface area is 90.3 Å². The van der Waals surface area contributed by atoms with Gasteiger partial charge in [-0.3, -0.25) is 0 Å². The Morgan fingerprint density at radius 2 is 2.07 bits per heavy atom. The summed E-state index contributed by atoms with van der Waals surface area (Å²) in [6.45, 7) is 1.47. The molecule has 0 saturated carbocycles. The van der Waals surface area contributed by atoms with Crippen molar-refractivity contribution in [3.63, 3.8) is 0 Å². The highest BCUT2D eigenvalue weighted by molar-refractivity contribution is 5.89. The summed E-state index contributed by atoms with van der Waals surface area (Å²) in [6, 6.07) is 9.82. The summed E-state index contributed by atoms with van der Waals surface area (Å²) in [7, 11) is 3.93. The fourth-order valence-corrected chi connectivity index (χ4v) is 1.04. The Balaban J connectivity index is 2.25. The third-order valence-corrected chi connectivity index (χ3v) is 1.82. The van der Waals surface area contributed by atoms with Gasteiger partial charge in [-0.15, -0.1) is 0 Å². The Bertz CT molecular complexity index is 298. The molecule has 15 heavy (non-hydrogen) atoms. The summed E-state index contributed by atoms with van der Waals surface area (Å²) >= 11 is 0. The lowest BCUT2D eigenvalue weighted by Gasteiger charge is -2.11. The number of carbonyl (C=O) groups excluding carboxylic acids is 1. The first-order valence-corrected chi connectivity index (χ1v) is 4.84. The van der Waals surface area contributed by atoms with Gasteiger partial charge in [-0.1, -0.05) is 12.1 Å². The van der Waals surface area contributed by atoms with Crippen LogP contribution in [-0.4, -0.2) is 38.1 Å². The largest absolute Gasteiger partial charge is 0.337 e. The first-order chi connectivity index (χ1) is 7.18. The third kappa shape index (κ3) is 5.02. The van der Waals surface area contributed by atoms with E-state index in [-0.39, 0.29) is 6.03 Å². The highest BCUT2D eigenvalue weighted by atomic mass is 16.2. The van der Waals surface area contributed by atoms with Gasteiger partial charge in [0.15, 0.2) is 0 Å². The van der Waals surface area contributed by atoms with Crippen molar-refractivity contribution in [2.75, 3.05) is 32.5 Å². The van der Waals surface area contributed by atoms with Crippen LogP contribution in [-0.2, 0) is 0 Å². The van der Waals surface area contributed by atoms with Crippen molar-refractivity contribution in [3.8, 4) is 0 Å². The van der Waals surface area contributed by atoms with Crippen LogP contribution in [0.25, 0.3) is 0 Å². The zero-order valence-electron chi connectivity index (χ0n) is 9.08. The average molecular weight is 206 g/mol. The SMILES string of the molecule is CN(C)CCNC(=O)Nc1cc[c]cc1. The molecule has 2 N–H and O–H groups in total. The van der Waals surface area contributed by atoms with E-state index in [0.29, 0.717) is 6.54 Å². The zero-order valence-corrected chi connectivity index (χ0v) is 9.08. The second-order valence-electron chi connectivity index (χ2n) is 3.47. The van der Waals surface area contributed by atoms with Crippen LogP contribution in [0.1, 0.15) is 0 Å². The van der Waals surface area contributed by atoms with Gasteiger partial charge in [0.2, 0.25) is 0 Å². The molecule has 0 atom stereocenters. The molecule has 2 amide bonds. The lowest BCUT2D eigenvalue weighted by molar-refractivity contribution is 0.250. The van der Waals surface area contributed by atoms with E-state index in [2.05, 4.69) is 16.7 Å². The molecule has 4 nitrogen and oxygen atoms in total. The van der Waals surface area contributed by atoms with E-state index in [4.69, 9.17) is 0 Å². The van der Waals surface area contributed by atoms with Gasteiger partial charge in [-0.25, -0.2) is 4.79 Å². The van der Waals surface area contributed by atoms with Crippen LogP contribution in [0.5, 0.6) is 0 Å². The van der Waals surface area contributed by atoms with Crippen molar-refractivity contribution in [2.45, 2.75) is 0 Å². The average Bonchev–Trinajstić information content (AvgIpc) is 2.18. The number of hydrogen-bond acceptors (Lipinski definition) is 2. The van der Waals surface area contributed by atoms with Gasteiger partial charge in [0.1, 0.15) is 0 Å². The standard InChI is InChI=1S/C11H16N3O/c1-14(2)9-8-12-11(15)13-10-6-4-3-5-7-10/h4-7H,8-9H2,1-2H3,(H2,12,13,15).